The zero-order valence-electron chi connectivity index (χ0n) is 24.0. The van der Waals surface area contributed by atoms with Crippen molar-refractivity contribution in [3.8, 4) is 0 Å². The zero-order chi connectivity index (χ0) is 27.8. The molecule has 0 spiro atoms. The standard InChI is InChI=1S/C29H46N2O5/c1-12-36-27(34)20(4)18-22(19(2)3)31(10)26(33)23(28(5,6)7)30-25(32)24(35-11)29(8,9)21-16-14-13-15-17-21/h13-19,22-24H,12H2,1-11H3,(H,30,32)/t22-,23-,24?/m1/s1. The van der Waals surface area contributed by atoms with Crippen LogP contribution < -0.4 is 5.32 Å². The Bertz CT molecular complexity index is 915. The van der Waals surface area contributed by atoms with Crippen molar-refractivity contribution in [2.24, 2.45) is 11.3 Å². The first-order chi connectivity index (χ1) is 16.6. The van der Waals surface area contributed by atoms with Gasteiger partial charge in [-0.2, -0.15) is 0 Å². The van der Waals surface area contributed by atoms with Gasteiger partial charge in [-0.1, -0.05) is 84.9 Å². The lowest BCUT2D eigenvalue weighted by molar-refractivity contribution is -0.144. The van der Waals surface area contributed by atoms with Gasteiger partial charge in [-0.3, -0.25) is 9.59 Å². The topological polar surface area (TPSA) is 84.9 Å². The summed E-state index contributed by atoms with van der Waals surface area (Å²) in [5, 5.41) is 2.99. The average molecular weight is 503 g/mol. The van der Waals surface area contributed by atoms with Crippen LogP contribution >= 0.6 is 0 Å². The first-order valence-electron chi connectivity index (χ1n) is 12.6. The highest BCUT2D eigenvalue weighted by atomic mass is 16.5. The summed E-state index contributed by atoms with van der Waals surface area (Å²) in [7, 11) is 3.21. The van der Waals surface area contributed by atoms with Gasteiger partial charge in [-0.15, -0.1) is 0 Å². The number of nitrogens with zero attached hydrogens (tertiary/aromatic N) is 1. The molecule has 0 radical (unpaired) electrons. The van der Waals surface area contributed by atoms with E-state index in [4.69, 9.17) is 9.47 Å². The monoisotopic (exact) mass is 502 g/mol. The van der Waals surface area contributed by atoms with Crippen LogP contribution in [0.4, 0.5) is 0 Å². The number of methoxy groups -OCH3 is 1. The van der Waals surface area contributed by atoms with Crippen molar-refractivity contribution in [2.75, 3.05) is 20.8 Å². The highest BCUT2D eigenvalue weighted by Gasteiger charge is 2.42. The number of carbonyl (C=O) groups is 3. The summed E-state index contributed by atoms with van der Waals surface area (Å²) in [5.74, 6) is -0.971. The van der Waals surface area contributed by atoms with Gasteiger partial charge < -0.3 is 19.7 Å². The van der Waals surface area contributed by atoms with E-state index in [1.807, 2.05) is 78.8 Å². The van der Waals surface area contributed by atoms with Gasteiger partial charge in [0.15, 0.2) is 0 Å². The summed E-state index contributed by atoms with van der Waals surface area (Å²) in [6.45, 7) is 17.3. The number of amides is 2. The number of nitrogens with one attached hydrogen (secondary N) is 1. The van der Waals surface area contributed by atoms with Gasteiger partial charge in [0.05, 0.1) is 12.6 Å². The summed E-state index contributed by atoms with van der Waals surface area (Å²) < 4.78 is 10.8. The number of likely N-dealkylation sites (N-methyl/N-ethyl adjacent to an activating group) is 1. The molecule has 7 nitrogen and oxygen atoms in total. The van der Waals surface area contributed by atoms with Gasteiger partial charge in [-0.05, 0) is 30.7 Å². The van der Waals surface area contributed by atoms with Crippen molar-refractivity contribution in [1.29, 1.82) is 0 Å². The van der Waals surface area contributed by atoms with E-state index in [1.165, 1.54) is 7.11 Å². The molecule has 0 bridgehead atoms. The van der Waals surface area contributed by atoms with Crippen LogP contribution in [0.2, 0.25) is 0 Å². The molecule has 0 saturated heterocycles. The second kappa shape index (κ2) is 13.0. The third-order valence-electron chi connectivity index (χ3n) is 6.54. The summed E-state index contributed by atoms with van der Waals surface area (Å²) in [6, 6.07) is 8.54. The van der Waals surface area contributed by atoms with Gasteiger partial charge in [-0.25, -0.2) is 4.79 Å². The zero-order valence-corrected chi connectivity index (χ0v) is 24.0. The van der Waals surface area contributed by atoms with Gasteiger partial charge >= 0.3 is 5.97 Å². The van der Waals surface area contributed by atoms with Crippen molar-refractivity contribution < 1.29 is 23.9 Å². The molecule has 7 heteroatoms. The normalized spacial score (nSPS) is 15.2. The van der Waals surface area contributed by atoms with Crippen LogP contribution in [0.5, 0.6) is 0 Å². The van der Waals surface area contributed by atoms with E-state index >= 15 is 0 Å². The van der Waals surface area contributed by atoms with Crippen LogP contribution in [0.25, 0.3) is 0 Å². The van der Waals surface area contributed by atoms with Crippen molar-refractivity contribution >= 4 is 17.8 Å². The van der Waals surface area contributed by atoms with Crippen molar-refractivity contribution in [3.05, 3.63) is 47.5 Å². The molecule has 0 saturated carbocycles. The number of rotatable bonds is 11. The maximum absolute atomic E-state index is 13.8. The lowest BCUT2D eigenvalue weighted by Crippen LogP contribution is -2.59. The van der Waals surface area contributed by atoms with E-state index in [2.05, 4.69) is 5.32 Å². The molecule has 0 aliphatic carbocycles. The Hall–Kier alpha value is -2.67. The number of esters is 1. The lowest BCUT2D eigenvalue weighted by Gasteiger charge is -2.39. The molecule has 1 aromatic rings. The van der Waals surface area contributed by atoms with Gasteiger partial charge in [0.1, 0.15) is 12.1 Å². The minimum absolute atomic E-state index is 0.0309. The number of hydrogen-bond acceptors (Lipinski definition) is 5. The predicted molar refractivity (Wildman–Crippen MR) is 143 cm³/mol. The van der Waals surface area contributed by atoms with E-state index < -0.39 is 28.9 Å². The maximum atomic E-state index is 13.8. The molecule has 0 heterocycles. The molecule has 1 N–H and O–H groups in total. The van der Waals surface area contributed by atoms with Crippen LogP contribution in [0, 0.1) is 11.3 Å². The van der Waals surface area contributed by atoms with Gasteiger partial charge in [0, 0.05) is 25.1 Å². The van der Waals surface area contributed by atoms with Gasteiger partial charge in [0.25, 0.3) is 5.91 Å². The molecule has 1 rings (SSSR count). The quantitative estimate of drug-likeness (QED) is 0.356. The summed E-state index contributed by atoms with van der Waals surface area (Å²) >= 11 is 0. The first-order valence-corrected chi connectivity index (χ1v) is 12.6. The minimum atomic E-state index is -0.810. The molecule has 0 fully saturated rings. The van der Waals surface area contributed by atoms with E-state index in [0.717, 1.165) is 5.56 Å². The number of carbonyl (C=O) groups excluding carboxylic acids is 3. The predicted octanol–water partition coefficient (Wildman–Crippen LogP) is 4.50. The lowest BCUT2D eigenvalue weighted by atomic mass is 9.78. The highest BCUT2D eigenvalue weighted by Crippen LogP contribution is 2.30. The molecule has 2 amide bonds. The van der Waals surface area contributed by atoms with Crippen LogP contribution in [-0.2, 0) is 29.3 Å². The van der Waals surface area contributed by atoms with Crippen LogP contribution in [0.3, 0.4) is 0 Å². The second-order valence-corrected chi connectivity index (χ2v) is 11.3. The number of ether oxygens (including phenoxy) is 2. The molecule has 3 atom stereocenters. The summed E-state index contributed by atoms with van der Waals surface area (Å²) in [6.07, 6.45) is 0.952. The van der Waals surface area contributed by atoms with Crippen molar-refractivity contribution in [2.45, 2.75) is 85.9 Å². The fourth-order valence-corrected chi connectivity index (χ4v) is 4.29. The van der Waals surface area contributed by atoms with E-state index in [9.17, 15) is 14.4 Å². The van der Waals surface area contributed by atoms with Crippen molar-refractivity contribution in [1.82, 2.24) is 10.2 Å². The van der Waals surface area contributed by atoms with Crippen LogP contribution in [0.1, 0.15) is 67.9 Å². The molecule has 36 heavy (non-hydrogen) atoms. The summed E-state index contributed by atoms with van der Waals surface area (Å²) in [4.78, 5) is 41.1. The number of benzene rings is 1. The number of hydrogen-bond donors (Lipinski definition) is 1. The second-order valence-electron chi connectivity index (χ2n) is 11.3. The molecule has 0 aromatic heterocycles. The Morgan fingerprint density at radius 1 is 1.06 bits per heavy atom. The Kier molecular flexibility index (Phi) is 11.4. The molecule has 1 aromatic carbocycles. The Labute approximate surface area is 217 Å². The third-order valence-corrected chi connectivity index (χ3v) is 6.54. The Morgan fingerprint density at radius 3 is 2.06 bits per heavy atom. The van der Waals surface area contributed by atoms with Crippen LogP contribution in [0.15, 0.2) is 42.0 Å². The Morgan fingerprint density at radius 2 is 1.61 bits per heavy atom. The van der Waals surface area contributed by atoms with E-state index in [1.54, 1.807) is 31.9 Å². The molecular formula is C29H46N2O5. The minimum Gasteiger partial charge on any atom is -0.463 e. The fourth-order valence-electron chi connectivity index (χ4n) is 4.29. The van der Waals surface area contributed by atoms with E-state index in [-0.39, 0.29) is 30.4 Å². The molecule has 1 unspecified atom stereocenters. The van der Waals surface area contributed by atoms with E-state index in [0.29, 0.717) is 5.57 Å². The SMILES string of the molecule is CCOC(=O)C(C)=C[C@H](C(C)C)N(C)C(=O)[C@@H](NC(=O)C(OC)C(C)(C)c1ccccc1)C(C)(C)C. The third kappa shape index (κ3) is 7.92. The highest BCUT2D eigenvalue weighted by molar-refractivity contribution is 5.91. The molecular weight excluding hydrogens is 456 g/mol. The molecule has 202 valence electrons. The average Bonchev–Trinajstić information content (AvgIpc) is 2.80. The van der Waals surface area contributed by atoms with Crippen LogP contribution in [-0.4, -0.2) is 61.6 Å². The van der Waals surface area contributed by atoms with Crippen molar-refractivity contribution in [3.63, 3.8) is 0 Å². The smallest absolute Gasteiger partial charge is 0.333 e. The maximum Gasteiger partial charge on any atom is 0.333 e. The largest absolute Gasteiger partial charge is 0.463 e. The Balaban J connectivity index is 3.28. The molecule has 0 aliphatic rings. The molecule has 0 aliphatic heterocycles. The fraction of sp³-hybridized carbons (Fsp3) is 0.621. The first kappa shape index (κ1) is 31.4. The van der Waals surface area contributed by atoms with Gasteiger partial charge in [0.2, 0.25) is 5.91 Å². The summed E-state index contributed by atoms with van der Waals surface area (Å²) in [5.41, 5.74) is 0.201.